The minimum atomic E-state index is -1.05. The maximum Gasteiger partial charge on any atom is 0.257 e. The lowest BCUT2D eigenvalue weighted by Crippen LogP contribution is -2.52. The molecule has 0 spiro atoms. The fraction of sp³-hybridized carbons (Fsp3) is 0.312. The van der Waals surface area contributed by atoms with E-state index in [1.807, 2.05) is 6.07 Å². The molecule has 2 heterocycles. The van der Waals surface area contributed by atoms with Crippen molar-refractivity contribution in [1.29, 1.82) is 5.26 Å². The van der Waals surface area contributed by atoms with Crippen molar-refractivity contribution in [3.63, 3.8) is 0 Å². The van der Waals surface area contributed by atoms with Crippen LogP contribution in [0.5, 0.6) is 11.6 Å². The zero-order chi connectivity index (χ0) is 16.8. The highest BCUT2D eigenvalue weighted by molar-refractivity contribution is 5.46. The first-order chi connectivity index (χ1) is 10.8. The number of benzene rings is 1. The molecule has 2 unspecified atom stereocenters. The summed E-state index contributed by atoms with van der Waals surface area (Å²) < 4.78 is 7.03. The summed E-state index contributed by atoms with van der Waals surface area (Å²) in [6.45, 7) is 3.43. The Bertz CT molecular complexity index is 866. The molecule has 0 bridgehead atoms. The van der Waals surface area contributed by atoms with Gasteiger partial charge in [0.05, 0.1) is 23.7 Å². The second-order valence-electron chi connectivity index (χ2n) is 5.95. The Hall–Kier alpha value is -2.85. The molecule has 2 atom stereocenters. The first-order valence-electron chi connectivity index (χ1n) is 7.02. The Morgan fingerprint density at radius 2 is 2.13 bits per heavy atom. The second kappa shape index (κ2) is 5.11. The van der Waals surface area contributed by atoms with Gasteiger partial charge in [-0.1, -0.05) is 0 Å². The molecular weight excluding hydrogens is 298 g/mol. The number of aliphatic hydroxyl groups excluding tert-OH is 1. The van der Waals surface area contributed by atoms with E-state index >= 15 is 0 Å². The van der Waals surface area contributed by atoms with Crippen LogP contribution in [0.15, 0.2) is 35.4 Å². The average molecular weight is 313 g/mol. The number of aromatic nitrogens is 2. The molecular formula is C16H15N3O4. The molecule has 1 aromatic carbocycles. The Morgan fingerprint density at radius 3 is 2.78 bits per heavy atom. The van der Waals surface area contributed by atoms with Gasteiger partial charge in [0, 0.05) is 5.56 Å². The van der Waals surface area contributed by atoms with Gasteiger partial charge in [0.25, 0.3) is 5.56 Å². The predicted octanol–water partition coefficient (Wildman–Crippen LogP) is 0.942. The van der Waals surface area contributed by atoms with Gasteiger partial charge < -0.3 is 14.9 Å². The summed E-state index contributed by atoms with van der Waals surface area (Å²) >= 11 is 0. The topological polar surface area (TPSA) is 108 Å². The van der Waals surface area contributed by atoms with Crippen LogP contribution in [-0.4, -0.2) is 31.5 Å². The van der Waals surface area contributed by atoms with E-state index < -0.39 is 29.2 Å². The molecule has 1 aromatic heterocycles. The van der Waals surface area contributed by atoms with Gasteiger partial charge in [-0.3, -0.25) is 9.36 Å². The van der Waals surface area contributed by atoms with Gasteiger partial charge in [-0.15, -0.1) is 0 Å². The fourth-order valence-corrected chi connectivity index (χ4v) is 2.75. The maximum absolute atomic E-state index is 12.2. The average Bonchev–Trinajstić information content (AvgIpc) is 2.49. The highest BCUT2D eigenvalue weighted by Gasteiger charge is 2.44. The zero-order valence-electron chi connectivity index (χ0n) is 12.6. The molecule has 0 saturated carbocycles. The molecule has 0 saturated heterocycles. The molecule has 0 amide bonds. The number of hydrogen-bond donors (Lipinski definition) is 2. The van der Waals surface area contributed by atoms with E-state index in [1.165, 1.54) is 10.9 Å². The van der Waals surface area contributed by atoms with Crippen LogP contribution in [0.1, 0.15) is 31.0 Å². The molecule has 1 aliphatic rings. The number of fused-ring (bicyclic) bond motifs is 1. The fourth-order valence-electron chi connectivity index (χ4n) is 2.75. The van der Waals surface area contributed by atoms with Crippen LogP contribution in [0, 0.1) is 11.3 Å². The summed E-state index contributed by atoms with van der Waals surface area (Å²) in [6.07, 6.45) is 0.128. The molecule has 0 aliphatic carbocycles. The normalized spacial score (nSPS) is 21.8. The number of nitriles is 1. The summed E-state index contributed by atoms with van der Waals surface area (Å²) in [5.74, 6) is 0.0994. The molecule has 3 rings (SSSR count). The lowest BCUT2D eigenvalue weighted by atomic mass is 9.85. The Balaban J connectivity index is 2.26. The first kappa shape index (κ1) is 15.1. The SMILES string of the molecule is CC1(C)Oc2ccc(C#N)cc2C(n2cnc(O)cc2=O)C1O. The molecule has 7 heteroatoms. The number of aromatic hydroxyl groups is 1. The third-order valence-corrected chi connectivity index (χ3v) is 3.96. The van der Waals surface area contributed by atoms with E-state index in [1.54, 1.807) is 32.0 Å². The molecule has 7 nitrogen and oxygen atoms in total. The van der Waals surface area contributed by atoms with E-state index in [4.69, 9.17) is 10.00 Å². The van der Waals surface area contributed by atoms with Crippen LogP contribution >= 0.6 is 0 Å². The lowest BCUT2D eigenvalue weighted by Gasteiger charge is -2.42. The smallest absolute Gasteiger partial charge is 0.257 e. The highest BCUT2D eigenvalue weighted by Crippen LogP contribution is 2.41. The van der Waals surface area contributed by atoms with Crippen molar-refractivity contribution < 1.29 is 14.9 Å². The van der Waals surface area contributed by atoms with Crippen LogP contribution in [0.25, 0.3) is 0 Å². The third kappa shape index (κ3) is 2.43. The van der Waals surface area contributed by atoms with Crippen molar-refractivity contribution in [1.82, 2.24) is 9.55 Å². The monoisotopic (exact) mass is 313 g/mol. The Labute approximate surface area is 132 Å². The van der Waals surface area contributed by atoms with E-state index in [2.05, 4.69) is 4.98 Å². The van der Waals surface area contributed by atoms with Gasteiger partial charge in [0.15, 0.2) is 0 Å². The van der Waals surface area contributed by atoms with Gasteiger partial charge in [0.1, 0.15) is 23.8 Å². The molecule has 23 heavy (non-hydrogen) atoms. The zero-order valence-corrected chi connectivity index (χ0v) is 12.6. The van der Waals surface area contributed by atoms with Gasteiger partial charge in [-0.25, -0.2) is 4.98 Å². The Kier molecular flexibility index (Phi) is 3.34. The van der Waals surface area contributed by atoms with E-state index in [0.29, 0.717) is 16.9 Å². The van der Waals surface area contributed by atoms with Gasteiger partial charge in [-0.2, -0.15) is 5.26 Å². The van der Waals surface area contributed by atoms with Crippen molar-refractivity contribution in [3.8, 4) is 17.7 Å². The van der Waals surface area contributed by atoms with Gasteiger partial charge in [0.2, 0.25) is 5.88 Å². The molecule has 118 valence electrons. The lowest BCUT2D eigenvalue weighted by molar-refractivity contribution is -0.0644. The minimum absolute atomic E-state index is 0.391. The summed E-state index contributed by atoms with van der Waals surface area (Å²) in [5, 5.41) is 29.1. The first-order valence-corrected chi connectivity index (χ1v) is 7.02. The van der Waals surface area contributed by atoms with Crippen molar-refractivity contribution in [3.05, 3.63) is 52.1 Å². The van der Waals surface area contributed by atoms with E-state index in [0.717, 1.165) is 6.07 Å². The van der Waals surface area contributed by atoms with Crippen LogP contribution in [0.2, 0.25) is 0 Å². The largest absolute Gasteiger partial charge is 0.493 e. The summed E-state index contributed by atoms with van der Waals surface area (Å²) in [5.41, 5.74) is -0.537. The molecule has 0 radical (unpaired) electrons. The maximum atomic E-state index is 12.2. The second-order valence-corrected chi connectivity index (χ2v) is 5.95. The van der Waals surface area contributed by atoms with Gasteiger partial charge in [-0.05, 0) is 32.0 Å². The number of hydrogen-bond acceptors (Lipinski definition) is 6. The number of aliphatic hydroxyl groups is 1. The predicted molar refractivity (Wildman–Crippen MR) is 80.2 cm³/mol. The highest BCUT2D eigenvalue weighted by atomic mass is 16.5. The van der Waals surface area contributed by atoms with E-state index in [9.17, 15) is 15.0 Å². The van der Waals surface area contributed by atoms with Crippen LogP contribution in [-0.2, 0) is 0 Å². The minimum Gasteiger partial charge on any atom is -0.493 e. The molecule has 2 N–H and O–H groups in total. The summed E-state index contributed by atoms with van der Waals surface area (Å²) in [7, 11) is 0. The molecule has 1 aliphatic heterocycles. The van der Waals surface area contributed by atoms with E-state index in [-0.39, 0.29) is 0 Å². The molecule has 0 fully saturated rings. The summed E-state index contributed by atoms with van der Waals surface area (Å²) in [6, 6.07) is 7.07. The Morgan fingerprint density at radius 1 is 1.39 bits per heavy atom. The molecule has 2 aromatic rings. The number of nitrogens with zero attached hydrogens (tertiary/aromatic N) is 3. The number of rotatable bonds is 1. The van der Waals surface area contributed by atoms with Crippen LogP contribution in [0.4, 0.5) is 0 Å². The third-order valence-electron chi connectivity index (χ3n) is 3.96. The van der Waals surface area contributed by atoms with Crippen LogP contribution in [0.3, 0.4) is 0 Å². The van der Waals surface area contributed by atoms with Crippen LogP contribution < -0.4 is 10.3 Å². The van der Waals surface area contributed by atoms with Crippen molar-refractivity contribution in [2.45, 2.75) is 31.6 Å². The standard InChI is InChI=1S/C16H15N3O4/c1-16(2)15(22)14(19-8-18-12(20)6-13(19)21)10-5-9(7-17)3-4-11(10)23-16/h3-6,8,14-15,20,22H,1-2H3. The van der Waals surface area contributed by atoms with Crippen molar-refractivity contribution in [2.75, 3.05) is 0 Å². The van der Waals surface area contributed by atoms with Gasteiger partial charge >= 0.3 is 0 Å². The van der Waals surface area contributed by atoms with Crippen molar-refractivity contribution >= 4 is 0 Å². The summed E-state index contributed by atoms with van der Waals surface area (Å²) in [4.78, 5) is 15.9. The quantitative estimate of drug-likeness (QED) is 0.811. The number of ether oxygens (including phenoxy) is 1. The van der Waals surface area contributed by atoms with Crippen molar-refractivity contribution in [2.24, 2.45) is 0 Å².